The number of ether oxygens (including phenoxy) is 1. The molecule has 0 saturated carbocycles. The molecule has 1 saturated heterocycles. The lowest BCUT2D eigenvalue weighted by atomic mass is 10.1. The van der Waals surface area contributed by atoms with Gasteiger partial charge < -0.3 is 15.0 Å². The molecular formula is C17H26N2O2. The number of nitrogens with zero attached hydrogens (tertiary/aromatic N) is 1. The first-order chi connectivity index (χ1) is 10.2. The van der Waals surface area contributed by atoms with Gasteiger partial charge in [0, 0.05) is 37.5 Å². The number of carbonyl (C=O) groups is 1. The van der Waals surface area contributed by atoms with Crippen molar-refractivity contribution in [3.63, 3.8) is 0 Å². The third-order valence-electron chi connectivity index (χ3n) is 3.96. The number of amides is 1. The standard InChI is InChI=1S/C17H26N2O2/c1-4-18-16-9-8-14(11-13(16)3)17(20)19(5-2)12-15-7-6-10-21-15/h8-9,11,15,18H,4-7,10,12H2,1-3H3. The summed E-state index contributed by atoms with van der Waals surface area (Å²) in [6.45, 7) is 9.24. The Balaban J connectivity index is 2.07. The normalized spacial score (nSPS) is 17.8. The fourth-order valence-electron chi connectivity index (χ4n) is 2.76. The lowest BCUT2D eigenvalue weighted by molar-refractivity contribution is 0.0539. The fourth-order valence-corrected chi connectivity index (χ4v) is 2.76. The van der Waals surface area contributed by atoms with Gasteiger partial charge in [-0.2, -0.15) is 0 Å². The van der Waals surface area contributed by atoms with E-state index < -0.39 is 0 Å². The maximum Gasteiger partial charge on any atom is 0.253 e. The molecule has 1 heterocycles. The van der Waals surface area contributed by atoms with Crippen LogP contribution >= 0.6 is 0 Å². The van der Waals surface area contributed by atoms with Gasteiger partial charge in [0.15, 0.2) is 0 Å². The number of benzene rings is 1. The Kier molecular flexibility index (Phi) is 5.62. The second-order valence-corrected chi connectivity index (χ2v) is 5.54. The highest BCUT2D eigenvalue weighted by Gasteiger charge is 2.22. The monoisotopic (exact) mass is 290 g/mol. The van der Waals surface area contributed by atoms with Crippen LogP contribution < -0.4 is 5.32 Å². The van der Waals surface area contributed by atoms with E-state index >= 15 is 0 Å². The molecule has 1 aromatic rings. The molecule has 0 aliphatic carbocycles. The molecule has 1 unspecified atom stereocenters. The molecule has 1 amide bonds. The molecule has 1 aliphatic rings. The van der Waals surface area contributed by atoms with Gasteiger partial charge in [-0.05, 0) is 57.4 Å². The summed E-state index contributed by atoms with van der Waals surface area (Å²) in [5.41, 5.74) is 2.96. The molecule has 21 heavy (non-hydrogen) atoms. The SMILES string of the molecule is CCNc1ccc(C(=O)N(CC)CC2CCCO2)cc1C. The summed E-state index contributed by atoms with van der Waals surface area (Å²) in [5.74, 6) is 0.0964. The number of likely N-dealkylation sites (N-methyl/N-ethyl adjacent to an activating group) is 1. The highest BCUT2D eigenvalue weighted by molar-refractivity contribution is 5.95. The molecule has 1 fully saturated rings. The largest absolute Gasteiger partial charge is 0.385 e. The van der Waals surface area contributed by atoms with Crippen molar-refractivity contribution in [3.8, 4) is 0 Å². The Labute approximate surface area is 127 Å². The minimum absolute atomic E-state index is 0.0964. The van der Waals surface area contributed by atoms with E-state index in [4.69, 9.17) is 4.74 Å². The van der Waals surface area contributed by atoms with Gasteiger partial charge >= 0.3 is 0 Å². The molecule has 1 aromatic carbocycles. The third kappa shape index (κ3) is 3.97. The number of hydrogen-bond acceptors (Lipinski definition) is 3. The topological polar surface area (TPSA) is 41.6 Å². The van der Waals surface area contributed by atoms with Crippen LogP contribution in [0.25, 0.3) is 0 Å². The van der Waals surface area contributed by atoms with Crippen LogP contribution in [0.1, 0.15) is 42.6 Å². The molecule has 4 heteroatoms. The van der Waals surface area contributed by atoms with E-state index in [-0.39, 0.29) is 12.0 Å². The summed E-state index contributed by atoms with van der Waals surface area (Å²) in [5, 5.41) is 3.30. The molecule has 116 valence electrons. The van der Waals surface area contributed by atoms with Crippen LogP contribution in [-0.2, 0) is 4.74 Å². The summed E-state index contributed by atoms with van der Waals surface area (Å²) in [6, 6.07) is 5.87. The van der Waals surface area contributed by atoms with E-state index in [0.29, 0.717) is 13.1 Å². The second-order valence-electron chi connectivity index (χ2n) is 5.54. The molecule has 4 nitrogen and oxygen atoms in total. The first kappa shape index (κ1) is 15.8. The molecule has 0 spiro atoms. The fraction of sp³-hybridized carbons (Fsp3) is 0.588. The summed E-state index contributed by atoms with van der Waals surface area (Å²) in [7, 11) is 0. The first-order valence-corrected chi connectivity index (χ1v) is 7.91. The number of hydrogen-bond donors (Lipinski definition) is 1. The maximum absolute atomic E-state index is 12.6. The van der Waals surface area contributed by atoms with Gasteiger partial charge in [0.25, 0.3) is 5.91 Å². The number of rotatable bonds is 6. The van der Waals surface area contributed by atoms with E-state index in [1.807, 2.05) is 36.9 Å². The van der Waals surface area contributed by atoms with Crippen molar-refractivity contribution in [2.45, 2.75) is 39.7 Å². The average molecular weight is 290 g/mol. The minimum atomic E-state index is 0.0964. The molecule has 2 rings (SSSR count). The minimum Gasteiger partial charge on any atom is -0.385 e. The lowest BCUT2D eigenvalue weighted by Gasteiger charge is -2.24. The van der Waals surface area contributed by atoms with Crippen molar-refractivity contribution < 1.29 is 9.53 Å². The third-order valence-corrected chi connectivity index (χ3v) is 3.96. The summed E-state index contributed by atoms with van der Waals surface area (Å²) < 4.78 is 5.64. The van der Waals surface area contributed by atoms with Gasteiger partial charge in [0.1, 0.15) is 0 Å². The summed E-state index contributed by atoms with van der Waals surface area (Å²) in [6.07, 6.45) is 2.37. The Hall–Kier alpha value is -1.55. The highest BCUT2D eigenvalue weighted by atomic mass is 16.5. The highest BCUT2D eigenvalue weighted by Crippen LogP contribution is 2.19. The van der Waals surface area contributed by atoms with E-state index in [9.17, 15) is 4.79 Å². The van der Waals surface area contributed by atoms with E-state index in [1.165, 1.54) is 0 Å². The molecule has 1 aliphatic heterocycles. The number of aryl methyl sites for hydroxylation is 1. The zero-order valence-electron chi connectivity index (χ0n) is 13.3. The van der Waals surface area contributed by atoms with Crippen LogP contribution in [0.15, 0.2) is 18.2 Å². The van der Waals surface area contributed by atoms with Crippen LogP contribution in [0.4, 0.5) is 5.69 Å². The van der Waals surface area contributed by atoms with Gasteiger partial charge in [0.05, 0.1) is 6.10 Å². The van der Waals surface area contributed by atoms with E-state index in [0.717, 1.165) is 42.8 Å². The van der Waals surface area contributed by atoms with Crippen molar-refractivity contribution in [1.29, 1.82) is 0 Å². The first-order valence-electron chi connectivity index (χ1n) is 7.91. The van der Waals surface area contributed by atoms with Gasteiger partial charge in [-0.25, -0.2) is 0 Å². The smallest absolute Gasteiger partial charge is 0.253 e. The molecule has 0 bridgehead atoms. The molecule has 1 N–H and O–H groups in total. The Morgan fingerprint density at radius 1 is 1.43 bits per heavy atom. The number of nitrogens with one attached hydrogen (secondary N) is 1. The van der Waals surface area contributed by atoms with Crippen LogP contribution in [0, 0.1) is 6.92 Å². The van der Waals surface area contributed by atoms with Gasteiger partial charge in [0.2, 0.25) is 0 Å². The molecular weight excluding hydrogens is 264 g/mol. The predicted molar refractivity (Wildman–Crippen MR) is 85.9 cm³/mol. The number of carbonyl (C=O) groups excluding carboxylic acids is 1. The van der Waals surface area contributed by atoms with Crippen molar-refractivity contribution in [2.24, 2.45) is 0 Å². The average Bonchev–Trinajstić information content (AvgIpc) is 2.99. The van der Waals surface area contributed by atoms with Crippen molar-refractivity contribution in [3.05, 3.63) is 29.3 Å². The number of anilines is 1. The van der Waals surface area contributed by atoms with Crippen LogP contribution in [0.2, 0.25) is 0 Å². The van der Waals surface area contributed by atoms with E-state index in [2.05, 4.69) is 12.2 Å². The molecule has 0 radical (unpaired) electrons. The second kappa shape index (κ2) is 7.46. The van der Waals surface area contributed by atoms with Crippen LogP contribution in [-0.4, -0.2) is 43.2 Å². The quantitative estimate of drug-likeness (QED) is 0.875. The van der Waals surface area contributed by atoms with Crippen molar-refractivity contribution in [2.75, 3.05) is 31.6 Å². The molecule has 0 aromatic heterocycles. The summed E-state index contributed by atoms with van der Waals surface area (Å²) in [4.78, 5) is 14.5. The zero-order chi connectivity index (χ0) is 15.2. The molecule has 1 atom stereocenters. The Morgan fingerprint density at radius 2 is 2.24 bits per heavy atom. The Bertz CT molecular complexity index is 482. The maximum atomic E-state index is 12.6. The lowest BCUT2D eigenvalue weighted by Crippen LogP contribution is -2.37. The van der Waals surface area contributed by atoms with Crippen LogP contribution in [0.5, 0.6) is 0 Å². The van der Waals surface area contributed by atoms with Crippen molar-refractivity contribution >= 4 is 11.6 Å². The van der Waals surface area contributed by atoms with Crippen molar-refractivity contribution in [1.82, 2.24) is 4.90 Å². The predicted octanol–water partition coefficient (Wildman–Crippen LogP) is 3.07. The van der Waals surface area contributed by atoms with Gasteiger partial charge in [-0.15, -0.1) is 0 Å². The zero-order valence-corrected chi connectivity index (χ0v) is 13.3. The van der Waals surface area contributed by atoms with Gasteiger partial charge in [-0.1, -0.05) is 0 Å². The van der Waals surface area contributed by atoms with E-state index in [1.54, 1.807) is 0 Å². The van der Waals surface area contributed by atoms with Gasteiger partial charge in [-0.3, -0.25) is 4.79 Å². The summed E-state index contributed by atoms with van der Waals surface area (Å²) >= 11 is 0. The Morgan fingerprint density at radius 3 is 2.81 bits per heavy atom. The van der Waals surface area contributed by atoms with Crippen LogP contribution in [0.3, 0.4) is 0 Å².